The molecule has 0 aliphatic heterocycles. The van der Waals surface area contributed by atoms with Crippen LogP contribution in [0.3, 0.4) is 0 Å². The van der Waals surface area contributed by atoms with Gasteiger partial charge >= 0.3 is 0 Å². The van der Waals surface area contributed by atoms with Crippen LogP contribution in [0.4, 0.5) is 5.00 Å². The summed E-state index contributed by atoms with van der Waals surface area (Å²) < 4.78 is 6.93. The Balaban J connectivity index is 1.32. The zero-order valence-electron chi connectivity index (χ0n) is 14.1. The maximum absolute atomic E-state index is 12.3. The van der Waals surface area contributed by atoms with Gasteiger partial charge in [0.25, 0.3) is 11.8 Å². The molecule has 27 heavy (non-hydrogen) atoms. The molecule has 0 aliphatic carbocycles. The number of aromatic nitrogens is 3. The molecule has 0 atom stereocenters. The first-order valence-electron chi connectivity index (χ1n) is 8.22. The fourth-order valence-electron chi connectivity index (χ4n) is 2.54. The number of pyridine rings is 1. The van der Waals surface area contributed by atoms with Gasteiger partial charge in [-0.3, -0.25) is 14.0 Å². The molecule has 4 aromatic rings. The largest absolute Gasteiger partial charge is 0.459 e. The highest BCUT2D eigenvalue weighted by molar-refractivity contribution is 7.18. The van der Waals surface area contributed by atoms with E-state index in [4.69, 9.17) is 4.42 Å². The number of carbonyl (C=O) groups excluding carboxylic acids is 2. The lowest BCUT2D eigenvalue weighted by Crippen LogP contribution is -2.25. The van der Waals surface area contributed by atoms with Crippen molar-refractivity contribution < 1.29 is 14.0 Å². The average Bonchev–Trinajstić information content (AvgIpc) is 3.43. The van der Waals surface area contributed by atoms with Crippen molar-refractivity contribution in [2.45, 2.75) is 6.42 Å². The predicted molar refractivity (Wildman–Crippen MR) is 100 cm³/mol. The zero-order chi connectivity index (χ0) is 18.6. The SMILES string of the molecule is O=C(Nc1ccc(C(=O)NCCc2nnc3ccccn23)s1)c1ccco1. The van der Waals surface area contributed by atoms with Crippen molar-refractivity contribution >= 4 is 33.8 Å². The van der Waals surface area contributed by atoms with Crippen LogP contribution in [0, 0.1) is 0 Å². The van der Waals surface area contributed by atoms with E-state index in [-0.39, 0.29) is 17.6 Å². The Bertz CT molecular complexity index is 1080. The summed E-state index contributed by atoms with van der Waals surface area (Å²) in [5.41, 5.74) is 0.772. The first kappa shape index (κ1) is 17.0. The van der Waals surface area contributed by atoms with Crippen LogP contribution >= 0.6 is 11.3 Å². The molecule has 0 saturated heterocycles. The highest BCUT2D eigenvalue weighted by atomic mass is 32.1. The third-order valence-electron chi connectivity index (χ3n) is 3.83. The highest BCUT2D eigenvalue weighted by Crippen LogP contribution is 2.22. The van der Waals surface area contributed by atoms with E-state index in [9.17, 15) is 9.59 Å². The summed E-state index contributed by atoms with van der Waals surface area (Å²) in [7, 11) is 0. The van der Waals surface area contributed by atoms with Crippen LogP contribution in [0.15, 0.2) is 59.3 Å². The molecular formula is C18H15N5O3S. The van der Waals surface area contributed by atoms with Crippen molar-refractivity contribution in [2.75, 3.05) is 11.9 Å². The first-order valence-corrected chi connectivity index (χ1v) is 9.04. The Kier molecular flexibility index (Phi) is 4.67. The summed E-state index contributed by atoms with van der Waals surface area (Å²) >= 11 is 1.20. The molecule has 0 saturated carbocycles. The molecular weight excluding hydrogens is 366 g/mol. The lowest BCUT2D eigenvalue weighted by Gasteiger charge is -2.03. The summed E-state index contributed by atoms with van der Waals surface area (Å²) in [6.45, 7) is 0.431. The monoisotopic (exact) mass is 381 g/mol. The van der Waals surface area contributed by atoms with Crippen LogP contribution in [0.5, 0.6) is 0 Å². The Hall–Kier alpha value is -3.46. The van der Waals surface area contributed by atoms with Crippen molar-refractivity contribution in [1.29, 1.82) is 0 Å². The lowest BCUT2D eigenvalue weighted by molar-refractivity contribution is 0.0956. The third kappa shape index (κ3) is 3.72. The molecule has 0 unspecified atom stereocenters. The molecule has 2 amide bonds. The number of carbonyl (C=O) groups is 2. The number of nitrogens with one attached hydrogen (secondary N) is 2. The third-order valence-corrected chi connectivity index (χ3v) is 4.83. The number of thiophene rings is 1. The molecule has 136 valence electrons. The molecule has 4 rings (SSSR count). The second-order valence-electron chi connectivity index (χ2n) is 5.65. The quantitative estimate of drug-likeness (QED) is 0.535. The summed E-state index contributed by atoms with van der Waals surface area (Å²) in [5.74, 6) is 0.443. The van der Waals surface area contributed by atoms with Crippen molar-refractivity contribution in [2.24, 2.45) is 0 Å². The normalized spacial score (nSPS) is 10.8. The van der Waals surface area contributed by atoms with Crippen LogP contribution in [-0.2, 0) is 6.42 Å². The first-order chi connectivity index (χ1) is 13.2. The molecule has 9 heteroatoms. The molecule has 0 spiro atoms. The zero-order valence-corrected chi connectivity index (χ0v) is 14.9. The molecule has 4 aromatic heterocycles. The fraction of sp³-hybridized carbons (Fsp3) is 0.111. The second-order valence-corrected chi connectivity index (χ2v) is 6.73. The maximum Gasteiger partial charge on any atom is 0.291 e. The number of hydrogen-bond acceptors (Lipinski definition) is 6. The van der Waals surface area contributed by atoms with Crippen molar-refractivity contribution in [3.8, 4) is 0 Å². The van der Waals surface area contributed by atoms with E-state index < -0.39 is 0 Å². The summed E-state index contributed by atoms with van der Waals surface area (Å²) in [6.07, 6.45) is 3.88. The molecule has 0 aliphatic rings. The van der Waals surface area contributed by atoms with Gasteiger partial charge in [0.05, 0.1) is 16.1 Å². The number of anilines is 1. The molecule has 2 N–H and O–H groups in total. The molecule has 8 nitrogen and oxygen atoms in total. The highest BCUT2D eigenvalue weighted by Gasteiger charge is 2.13. The minimum absolute atomic E-state index is 0.202. The molecule has 0 aromatic carbocycles. The van der Waals surface area contributed by atoms with Gasteiger partial charge in [-0.15, -0.1) is 21.5 Å². The molecule has 0 radical (unpaired) electrons. The van der Waals surface area contributed by atoms with Crippen LogP contribution in [0.2, 0.25) is 0 Å². The van der Waals surface area contributed by atoms with E-state index in [1.807, 2.05) is 28.8 Å². The Morgan fingerprint density at radius 1 is 1.07 bits per heavy atom. The van der Waals surface area contributed by atoms with E-state index in [0.717, 1.165) is 11.5 Å². The molecule has 4 heterocycles. The topological polar surface area (TPSA) is 102 Å². The van der Waals surface area contributed by atoms with Gasteiger partial charge < -0.3 is 15.1 Å². The van der Waals surface area contributed by atoms with Gasteiger partial charge in [-0.2, -0.15) is 0 Å². The average molecular weight is 381 g/mol. The fourth-order valence-corrected chi connectivity index (χ4v) is 3.36. The van der Waals surface area contributed by atoms with Crippen LogP contribution < -0.4 is 10.6 Å². The second kappa shape index (κ2) is 7.42. The smallest absolute Gasteiger partial charge is 0.291 e. The summed E-state index contributed by atoms with van der Waals surface area (Å²) in [4.78, 5) is 24.8. The number of hydrogen-bond donors (Lipinski definition) is 2. The number of nitrogens with zero attached hydrogens (tertiary/aromatic N) is 3. The van der Waals surface area contributed by atoms with Gasteiger partial charge in [-0.1, -0.05) is 6.07 Å². The summed E-state index contributed by atoms with van der Waals surface area (Å²) in [6, 6.07) is 12.2. The van der Waals surface area contributed by atoms with Gasteiger partial charge in [0.2, 0.25) is 0 Å². The van der Waals surface area contributed by atoms with Gasteiger partial charge in [-0.05, 0) is 36.4 Å². The van der Waals surface area contributed by atoms with Crippen LogP contribution in [-0.4, -0.2) is 33.0 Å². The molecule has 0 fully saturated rings. The maximum atomic E-state index is 12.3. The van der Waals surface area contributed by atoms with Crippen molar-refractivity contribution in [3.63, 3.8) is 0 Å². The van der Waals surface area contributed by atoms with E-state index in [0.29, 0.717) is 22.8 Å². The van der Waals surface area contributed by atoms with Gasteiger partial charge in [-0.25, -0.2) is 0 Å². The van der Waals surface area contributed by atoms with E-state index in [1.54, 1.807) is 24.3 Å². The Morgan fingerprint density at radius 2 is 2.00 bits per heavy atom. The standard InChI is InChI=1S/C18H15N5O3S/c24-17(12-4-3-11-26-12)20-16-7-6-13(27-16)18(25)19-9-8-15-22-21-14-5-1-2-10-23(14)15/h1-7,10-11H,8-9H2,(H,19,25)(H,20,24). The minimum Gasteiger partial charge on any atom is -0.459 e. The Labute approximate surface area is 157 Å². The van der Waals surface area contributed by atoms with E-state index in [2.05, 4.69) is 20.8 Å². The van der Waals surface area contributed by atoms with Crippen molar-refractivity contribution in [1.82, 2.24) is 19.9 Å². The van der Waals surface area contributed by atoms with E-state index in [1.165, 1.54) is 17.6 Å². The van der Waals surface area contributed by atoms with E-state index >= 15 is 0 Å². The summed E-state index contributed by atoms with van der Waals surface area (Å²) in [5, 5.41) is 14.3. The number of fused-ring (bicyclic) bond motifs is 1. The number of rotatable bonds is 6. The van der Waals surface area contributed by atoms with Gasteiger partial charge in [0.15, 0.2) is 11.4 Å². The minimum atomic E-state index is -0.354. The predicted octanol–water partition coefficient (Wildman–Crippen LogP) is 2.61. The van der Waals surface area contributed by atoms with Crippen LogP contribution in [0.1, 0.15) is 26.1 Å². The Morgan fingerprint density at radius 3 is 2.85 bits per heavy atom. The van der Waals surface area contributed by atoms with Crippen LogP contribution in [0.25, 0.3) is 5.65 Å². The van der Waals surface area contributed by atoms with Crippen molar-refractivity contribution in [3.05, 3.63) is 71.4 Å². The lowest BCUT2D eigenvalue weighted by atomic mass is 10.3. The number of amides is 2. The van der Waals surface area contributed by atoms with Gasteiger partial charge in [0.1, 0.15) is 5.82 Å². The molecule has 0 bridgehead atoms. The number of furan rings is 1. The van der Waals surface area contributed by atoms with Gasteiger partial charge in [0, 0.05) is 19.2 Å².